The Labute approximate surface area is 542 Å². The van der Waals surface area contributed by atoms with Gasteiger partial charge < -0.3 is 28.9 Å². The minimum absolute atomic E-state index is 0.0181. The molecule has 0 saturated heterocycles. The van der Waals surface area contributed by atoms with E-state index in [2.05, 4.69) is 54.1 Å². The molecular formula is C71H120O19. The highest BCUT2D eigenvalue weighted by Crippen LogP contribution is 2.09. The van der Waals surface area contributed by atoms with Crippen molar-refractivity contribution in [2.24, 2.45) is 0 Å². The summed E-state index contributed by atoms with van der Waals surface area (Å²) in [6.07, 6.45) is 34.6. The second-order valence-electron chi connectivity index (χ2n) is 19.4. The van der Waals surface area contributed by atoms with Crippen molar-refractivity contribution in [1.82, 2.24) is 0 Å². The van der Waals surface area contributed by atoms with Crippen molar-refractivity contribution in [3.63, 3.8) is 0 Å². The largest absolute Gasteiger partial charge is 0.469 e. The normalized spacial score (nSPS) is 9.77. The standard InChI is InChI=1S/C13H22O.C9H18O.C7H10O3.C7H10O2.C7H14O.C6H10O3.C6H10O2.C6H12O.C5H8O3.C5H6O2/c1-11(2)7-5-8-12(3)9-6-10-13(4)14;1-3-5-6-7-8-9(10)4-2;1-3-10-7(9)4-6(2)5-8;1-2-4-7(9)5-3-6-8;1-3-5-7(8)6-4-2;1-3-5(7)4-6(8)9-2;1-2-6(8)4-3-5-7;1-3-5-6(7)4-2;1-8-5(7)3-2-4-6;1-5(7)3-2-4-6/h7,9H,5-6,8,10H2,1-4H3;3-8H2,1-2H3;4-5H,3H2,1-2H3;3,5-6H,2,4H2,1H3;3-6H2,1-2H3;3-4H2,1-2H3;3-4,7H,2,5H2,1H3;3-5H2,1-2H3;4H,2-3H2,1H3;2-4H,1H3/b12-9+;;6-4+;5-3+;;;4-3+;;;3-2+. The lowest BCUT2D eigenvalue weighted by Crippen LogP contribution is -2.07. The number of Topliss-reactive ketones (excluding diaryl/α,β-unsaturated/α-hetero) is 5. The van der Waals surface area contributed by atoms with E-state index in [-0.39, 0.29) is 60.8 Å². The number of aliphatic hydroxyl groups is 1. The lowest BCUT2D eigenvalue weighted by atomic mass is 10.1. The quantitative estimate of drug-likeness (QED) is 0.0115. The molecule has 1 N–H and O–H groups in total. The second-order valence-corrected chi connectivity index (χ2v) is 19.4. The Morgan fingerprint density at radius 1 is 0.444 bits per heavy atom. The third kappa shape index (κ3) is 126. The minimum atomic E-state index is -0.466. The SMILES string of the molecule is CC(=O)/C=C/C=O.CC(=O)CC/C=C(\C)CCC=C(C)C.CCC(=O)/C=C/CO.CCC(=O)CC(=O)OC.CCCC(=O)/C=C/C=O.CCCC(=O)CC.CCCC(=O)CCC.CCCCCCC(=O)CC.CCOC(=O)/C=C(\C)C=O.COC(=O)CCC=O. The van der Waals surface area contributed by atoms with Crippen LogP contribution in [-0.2, 0) is 86.1 Å². The van der Waals surface area contributed by atoms with Gasteiger partial charge in [0.2, 0.25) is 0 Å². The first-order valence-corrected chi connectivity index (χ1v) is 31.4. The van der Waals surface area contributed by atoms with E-state index in [9.17, 15) is 71.9 Å². The first-order valence-electron chi connectivity index (χ1n) is 31.4. The average Bonchev–Trinajstić information content (AvgIpc) is 3.56. The topological polar surface area (TPSA) is 304 Å². The van der Waals surface area contributed by atoms with Crippen molar-refractivity contribution in [1.29, 1.82) is 0 Å². The molecule has 0 radical (unpaired) electrons. The number of carbonyl (C=O) groups is 15. The number of carbonyl (C=O) groups excluding carboxylic acids is 15. The van der Waals surface area contributed by atoms with Crippen molar-refractivity contribution in [2.45, 2.75) is 265 Å². The Bertz CT molecular complexity index is 2060. The van der Waals surface area contributed by atoms with Crippen LogP contribution in [0, 0.1) is 0 Å². The number of hydrogen-bond donors (Lipinski definition) is 1. The van der Waals surface area contributed by atoms with Crippen LogP contribution in [0.15, 0.2) is 71.4 Å². The monoisotopic (exact) mass is 1280 g/mol. The smallest absolute Gasteiger partial charge is 0.331 e. The van der Waals surface area contributed by atoms with E-state index in [0.29, 0.717) is 93.2 Å². The van der Waals surface area contributed by atoms with Gasteiger partial charge in [0.25, 0.3) is 0 Å². The molecule has 90 heavy (non-hydrogen) atoms. The minimum Gasteiger partial charge on any atom is -0.469 e. The molecule has 0 heterocycles. The summed E-state index contributed by atoms with van der Waals surface area (Å²) in [5.41, 5.74) is 3.14. The molecule has 0 aliphatic rings. The highest BCUT2D eigenvalue weighted by Gasteiger charge is 2.05. The zero-order valence-corrected chi connectivity index (χ0v) is 58.7. The summed E-state index contributed by atoms with van der Waals surface area (Å²) < 4.78 is 13.1. The van der Waals surface area contributed by atoms with E-state index in [1.807, 2.05) is 41.5 Å². The van der Waals surface area contributed by atoms with Crippen LogP contribution in [0.5, 0.6) is 0 Å². The molecule has 0 aromatic carbocycles. The molecule has 19 heteroatoms. The van der Waals surface area contributed by atoms with Crippen LogP contribution < -0.4 is 0 Å². The van der Waals surface area contributed by atoms with Gasteiger partial charge in [-0.05, 0) is 136 Å². The summed E-state index contributed by atoms with van der Waals surface area (Å²) in [4.78, 5) is 154. The number of rotatable bonds is 37. The Kier molecular flexibility index (Phi) is 105. The third-order valence-electron chi connectivity index (χ3n) is 10.3. The molecule has 518 valence electrons. The number of esters is 3. The van der Waals surface area contributed by atoms with Crippen LogP contribution >= 0.6 is 0 Å². The van der Waals surface area contributed by atoms with Crippen LogP contribution in [0.2, 0.25) is 0 Å². The van der Waals surface area contributed by atoms with Gasteiger partial charge in [-0.3, -0.25) is 57.5 Å². The fourth-order valence-electron chi connectivity index (χ4n) is 5.27. The van der Waals surface area contributed by atoms with E-state index in [1.54, 1.807) is 34.6 Å². The molecule has 0 amide bonds. The fraction of sp³-hybridized carbons (Fsp3) is 0.620. The molecule has 19 nitrogen and oxygen atoms in total. The molecule has 0 atom stereocenters. The summed E-state index contributed by atoms with van der Waals surface area (Å²) in [5.74, 6) is 0.107. The number of hydrogen-bond acceptors (Lipinski definition) is 19. The van der Waals surface area contributed by atoms with Crippen molar-refractivity contribution in [2.75, 3.05) is 27.4 Å². The summed E-state index contributed by atoms with van der Waals surface area (Å²) in [6, 6.07) is 0. The molecule has 0 aliphatic carbocycles. The van der Waals surface area contributed by atoms with Crippen molar-refractivity contribution < 1.29 is 91.2 Å². The molecule has 0 aromatic heterocycles. The summed E-state index contributed by atoms with van der Waals surface area (Å²) in [5, 5.41) is 8.17. The van der Waals surface area contributed by atoms with Gasteiger partial charge >= 0.3 is 17.9 Å². The zero-order chi connectivity index (χ0) is 71.8. The number of aliphatic hydroxyl groups excluding tert-OH is 1. The third-order valence-corrected chi connectivity index (χ3v) is 10.3. The Balaban J connectivity index is -0.0000000994. The Morgan fingerprint density at radius 3 is 1.30 bits per heavy atom. The van der Waals surface area contributed by atoms with Gasteiger partial charge in [0.05, 0.1) is 33.9 Å². The van der Waals surface area contributed by atoms with Gasteiger partial charge in [-0.15, -0.1) is 0 Å². The van der Waals surface area contributed by atoms with E-state index in [0.717, 1.165) is 83.1 Å². The number of unbranched alkanes of at least 4 members (excludes halogenated alkanes) is 3. The highest BCUT2D eigenvalue weighted by atomic mass is 16.5. The van der Waals surface area contributed by atoms with Gasteiger partial charge in [-0.2, -0.15) is 0 Å². The predicted molar refractivity (Wildman–Crippen MR) is 360 cm³/mol. The molecule has 0 aliphatic heterocycles. The van der Waals surface area contributed by atoms with Gasteiger partial charge in [-0.1, -0.05) is 111 Å². The van der Waals surface area contributed by atoms with Crippen molar-refractivity contribution in [3.8, 4) is 0 Å². The number of aldehydes is 4. The lowest BCUT2D eigenvalue weighted by molar-refractivity contribution is -0.144. The van der Waals surface area contributed by atoms with Gasteiger partial charge in [0.1, 0.15) is 60.5 Å². The zero-order valence-electron chi connectivity index (χ0n) is 58.7. The van der Waals surface area contributed by atoms with Crippen molar-refractivity contribution in [3.05, 3.63) is 71.4 Å². The van der Waals surface area contributed by atoms with Gasteiger partial charge in [0, 0.05) is 76.7 Å². The van der Waals surface area contributed by atoms with Crippen LogP contribution in [0.3, 0.4) is 0 Å². The van der Waals surface area contributed by atoms with E-state index >= 15 is 0 Å². The second kappa shape index (κ2) is 90.6. The predicted octanol–water partition coefficient (Wildman–Crippen LogP) is 14.2. The maximum Gasteiger partial charge on any atom is 0.331 e. The average molecular weight is 1280 g/mol. The lowest BCUT2D eigenvalue weighted by Gasteiger charge is -1.98. The first kappa shape index (κ1) is 105. The number of ketones is 8. The summed E-state index contributed by atoms with van der Waals surface area (Å²) in [6.45, 7) is 30.5. The number of allylic oxidation sites excluding steroid dienone is 10. The van der Waals surface area contributed by atoms with E-state index < -0.39 is 11.9 Å². The fourth-order valence-corrected chi connectivity index (χ4v) is 5.27. The molecule has 0 saturated carbocycles. The van der Waals surface area contributed by atoms with Gasteiger partial charge in [0.15, 0.2) is 17.3 Å². The van der Waals surface area contributed by atoms with Gasteiger partial charge in [-0.25, -0.2) is 4.79 Å². The van der Waals surface area contributed by atoms with Crippen LogP contribution in [-0.4, -0.2) is 122 Å². The number of methoxy groups -OCH3 is 2. The Hall–Kier alpha value is -7.15. The molecule has 0 spiro atoms. The molecular weight excluding hydrogens is 1160 g/mol. The molecule has 0 bridgehead atoms. The van der Waals surface area contributed by atoms with Crippen LogP contribution in [0.4, 0.5) is 0 Å². The molecule has 0 unspecified atom stereocenters. The van der Waals surface area contributed by atoms with E-state index in [4.69, 9.17) is 5.11 Å². The van der Waals surface area contributed by atoms with Crippen molar-refractivity contribution >= 4 is 89.3 Å². The van der Waals surface area contributed by atoms with Crippen LogP contribution in [0.25, 0.3) is 0 Å². The molecule has 0 aromatic rings. The molecule has 0 rings (SSSR count). The summed E-state index contributed by atoms with van der Waals surface area (Å²) >= 11 is 0. The molecule has 0 fully saturated rings. The maximum absolute atomic E-state index is 10.8. The number of ether oxygens (including phenoxy) is 3. The summed E-state index contributed by atoms with van der Waals surface area (Å²) in [7, 11) is 2.57. The first-order chi connectivity index (χ1) is 42.5. The van der Waals surface area contributed by atoms with E-state index in [1.165, 1.54) is 88.0 Å². The highest BCUT2D eigenvalue weighted by molar-refractivity contribution is 5.95. The Morgan fingerprint density at radius 2 is 0.933 bits per heavy atom. The maximum atomic E-state index is 10.8. The van der Waals surface area contributed by atoms with Crippen LogP contribution in [0.1, 0.15) is 265 Å².